The molecule has 1 atom stereocenters. The molecule has 0 aromatic heterocycles. The summed E-state index contributed by atoms with van der Waals surface area (Å²) in [4.78, 5) is 8.41. The number of quaternary nitrogens is 1. The lowest BCUT2D eigenvalue weighted by Gasteiger charge is -2.31. The van der Waals surface area contributed by atoms with E-state index < -0.39 is 0 Å². The summed E-state index contributed by atoms with van der Waals surface area (Å²) in [6, 6.07) is 14.3. The first-order valence-electron chi connectivity index (χ1n) is 10.8. The maximum Gasteiger partial charge on any atom is 0.133 e. The molecule has 0 amide bonds. The van der Waals surface area contributed by atoms with Crippen molar-refractivity contribution >= 4 is 11.9 Å². The molecule has 6 heteroatoms. The summed E-state index contributed by atoms with van der Waals surface area (Å²) in [5, 5.41) is 10.5. The molecule has 0 spiro atoms. The SMILES string of the molecule is CCN(CC)c1ccc(C=NC[C@@H](c2ccc(OC)cc2)[NH+]2CCOCC2)c(O)c1. The van der Waals surface area contributed by atoms with Crippen LogP contribution >= 0.6 is 0 Å². The zero-order valence-corrected chi connectivity index (χ0v) is 18.3. The number of phenolic OH excluding ortho intramolecular Hbond substituents is 1. The number of rotatable bonds is 9. The van der Waals surface area contributed by atoms with Gasteiger partial charge in [-0.05, 0) is 50.2 Å². The predicted molar refractivity (Wildman–Crippen MR) is 121 cm³/mol. The molecular formula is C24H34N3O3+. The highest BCUT2D eigenvalue weighted by Crippen LogP contribution is 2.24. The van der Waals surface area contributed by atoms with Gasteiger partial charge in [-0.3, -0.25) is 4.99 Å². The Morgan fingerprint density at radius 3 is 2.43 bits per heavy atom. The lowest BCUT2D eigenvalue weighted by Crippen LogP contribution is -3.14. The number of morpholine rings is 1. The standard InChI is InChI=1S/C24H33N3O3/c1-4-26(5-2)21-9-6-20(24(28)16-21)17-25-18-23(27-12-14-30-15-13-27)19-7-10-22(29-3)11-8-19/h6-11,16-17,23,28H,4-5,12-15,18H2,1-3H3/p+1/t23-/m0/s1. The lowest BCUT2D eigenvalue weighted by molar-refractivity contribution is -0.937. The Morgan fingerprint density at radius 1 is 1.13 bits per heavy atom. The highest BCUT2D eigenvalue weighted by Gasteiger charge is 2.26. The molecule has 0 bridgehead atoms. The number of phenols is 1. The minimum absolute atomic E-state index is 0.244. The molecule has 1 aliphatic heterocycles. The van der Waals surface area contributed by atoms with E-state index in [1.165, 1.54) is 10.5 Å². The van der Waals surface area contributed by atoms with Crippen LogP contribution in [0.3, 0.4) is 0 Å². The molecule has 162 valence electrons. The molecule has 1 aliphatic rings. The molecule has 2 N–H and O–H groups in total. The number of nitrogens with one attached hydrogen (secondary N) is 1. The van der Waals surface area contributed by atoms with Crippen LogP contribution < -0.4 is 14.5 Å². The van der Waals surface area contributed by atoms with Crippen molar-refractivity contribution in [2.24, 2.45) is 4.99 Å². The smallest absolute Gasteiger partial charge is 0.133 e. The van der Waals surface area contributed by atoms with Crippen molar-refractivity contribution in [3.8, 4) is 11.5 Å². The minimum Gasteiger partial charge on any atom is -0.507 e. The topological polar surface area (TPSA) is 58.7 Å². The summed E-state index contributed by atoms with van der Waals surface area (Å²) in [6.45, 7) is 10.2. The molecule has 3 rings (SSSR count). The summed E-state index contributed by atoms with van der Waals surface area (Å²) in [5.74, 6) is 1.12. The monoisotopic (exact) mass is 412 g/mol. The van der Waals surface area contributed by atoms with Crippen molar-refractivity contribution < 1.29 is 19.5 Å². The average Bonchev–Trinajstić information content (AvgIpc) is 2.79. The van der Waals surface area contributed by atoms with E-state index in [0.717, 1.165) is 56.4 Å². The zero-order chi connectivity index (χ0) is 21.3. The summed E-state index contributed by atoms with van der Waals surface area (Å²) < 4.78 is 10.8. The molecule has 6 nitrogen and oxygen atoms in total. The Morgan fingerprint density at radius 2 is 1.83 bits per heavy atom. The number of aromatic hydroxyl groups is 1. The van der Waals surface area contributed by atoms with E-state index in [9.17, 15) is 5.11 Å². The van der Waals surface area contributed by atoms with Crippen LogP contribution in [0.15, 0.2) is 47.5 Å². The van der Waals surface area contributed by atoms with Crippen LogP contribution in [0.1, 0.15) is 31.0 Å². The fourth-order valence-electron chi connectivity index (χ4n) is 3.97. The van der Waals surface area contributed by atoms with Gasteiger partial charge in [0.05, 0.1) is 26.9 Å². The van der Waals surface area contributed by atoms with Crippen LogP contribution in [0.25, 0.3) is 0 Å². The third-order valence-corrected chi connectivity index (χ3v) is 5.81. The van der Waals surface area contributed by atoms with Gasteiger partial charge in [0.15, 0.2) is 0 Å². The van der Waals surface area contributed by atoms with E-state index in [4.69, 9.17) is 14.5 Å². The van der Waals surface area contributed by atoms with Crippen LogP contribution in [0.5, 0.6) is 11.5 Å². The maximum absolute atomic E-state index is 10.5. The zero-order valence-electron chi connectivity index (χ0n) is 18.3. The van der Waals surface area contributed by atoms with Gasteiger partial charge in [-0.2, -0.15) is 0 Å². The summed E-state index contributed by atoms with van der Waals surface area (Å²) in [7, 11) is 1.68. The van der Waals surface area contributed by atoms with Gasteiger partial charge < -0.3 is 24.4 Å². The highest BCUT2D eigenvalue weighted by atomic mass is 16.5. The Balaban J connectivity index is 1.75. The molecule has 0 aliphatic carbocycles. The van der Waals surface area contributed by atoms with Crippen molar-refractivity contribution in [1.29, 1.82) is 0 Å². The Hall–Kier alpha value is -2.57. The molecule has 0 saturated carbocycles. The second-order valence-corrected chi connectivity index (χ2v) is 7.51. The van der Waals surface area contributed by atoms with Crippen LogP contribution in [-0.2, 0) is 4.74 Å². The number of hydrogen-bond donors (Lipinski definition) is 2. The predicted octanol–water partition coefficient (Wildman–Crippen LogP) is 2.32. The number of ether oxygens (including phenoxy) is 2. The van der Waals surface area contributed by atoms with E-state index in [0.29, 0.717) is 6.54 Å². The largest absolute Gasteiger partial charge is 0.507 e. The molecule has 30 heavy (non-hydrogen) atoms. The maximum atomic E-state index is 10.5. The number of methoxy groups -OCH3 is 1. The molecule has 0 radical (unpaired) electrons. The molecule has 2 aromatic rings. The van der Waals surface area contributed by atoms with Crippen LogP contribution in [-0.4, -0.2) is 64.4 Å². The van der Waals surface area contributed by atoms with Gasteiger partial charge >= 0.3 is 0 Å². The van der Waals surface area contributed by atoms with Crippen molar-refractivity contribution in [2.75, 3.05) is 57.9 Å². The summed E-state index contributed by atoms with van der Waals surface area (Å²) >= 11 is 0. The molecule has 2 aromatic carbocycles. The van der Waals surface area contributed by atoms with Crippen molar-refractivity contribution in [3.05, 3.63) is 53.6 Å². The van der Waals surface area contributed by atoms with Gasteiger partial charge in [0, 0.05) is 42.2 Å². The van der Waals surface area contributed by atoms with Gasteiger partial charge in [0.1, 0.15) is 30.6 Å². The fraction of sp³-hybridized carbons (Fsp3) is 0.458. The van der Waals surface area contributed by atoms with E-state index in [1.807, 2.05) is 30.3 Å². The molecule has 0 unspecified atom stereocenters. The number of benzene rings is 2. The third-order valence-electron chi connectivity index (χ3n) is 5.81. The minimum atomic E-state index is 0.244. The van der Waals surface area contributed by atoms with E-state index >= 15 is 0 Å². The van der Waals surface area contributed by atoms with E-state index in [-0.39, 0.29) is 11.8 Å². The second-order valence-electron chi connectivity index (χ2n) is 7.51. The van der Waals surface area contributed by atoms with Crippen molar-refractivity contribution in [1.82, 2.24) is 0 Å². The van der Waals surface area contributed by atoms with Gasteiger partial charge in [-0.1, -0.05) is 0 Å². The Labute approximate surface area is 179 Å². The summed E-state index contributed by atoms with van der Waals surface area (Å²) in [5.41, 5.74) is 3.02. The fourth-order valence-corrected chi connectivity index (χ4v) is 3.97. The van der Waals surface area contributed by atoms with Gasteiger partial charge in [-0.15, -0.1) is 0 Å². The molecule has 1 saturated heterocycles. The average molecular weight is 413 g/mol. The van der Waals surface area contributed by atoms with Gasteiger partial charge in [0.2, 0.25) is 0 Å². The van der Waals surface area contributed by atoms with Crippen molar-refractivity contribution in [2.45, 2.75) is 19.9 Å². The number of hydrogen-bond acceptors (Lipinski definition) is 5. The summed E-state index contributed by atoms with van der Waals surface area (Å²) in [6.07, 6.45) is 1.79. The second kappa shape index (κ2) is 11.0. The Kier molecular flexibility index (Phi) is 8.11. The number of anilines is 1. The van der Waals surface area contributed by atoms with Gasteiger partial charge in [-0.25, -0.2) is 0 Å². The molecular weight excluding hydrogens is 378 g/mol. The first-order chi connectivity index (χ1) is 14.7. The quantitative estimate of drug-likeness (QED) is 0.621. The Bertz CT molecular complexity index is 813. The first kappa shape index (κ1) is 22.1. The van der Waals surface area contributed by atoms with Crippen LogP contribution in [0, 0.1) is 0 Å². The van der Waals surface area contributed by atoms with Crippen molar-refractivity contribution in [3.63, 3.8) is 0 Å². The highest BCUT2D eigenvalue weighted by molar-refractivity contribution is 5.84. The third kappa shape index (κ3) is 5.52. The molecule has 1 heterocycles. The number of nitrogens with zero attached hydrogens (tertiary/aromatic N) is 2. The molecule has 1 fully saturated rings. The normalized spacial score (nSPS) is 16.0. The van der Waals surface area contributed by atoms with E-state index in [1.54, 1.807) is 13.3 Å². The lowest BCUT2D eigenvalue weighted by atomic mass is 10.0. The van der Waals surface area contributed by atoms with Crippen LogP contribution in [0.2, 0.25) is 0 Å². The van der Waals surface area contributed by atoms with Gasteiger partial charge in [0.25, 0.3) is 0 Å². The number of aliphatic imine (C=N–C) groups is 1. The first-order valence-corrected chi connectivity index (χ1v) is 10.8. The van der Waals surface area contributed by atoms with E-state index in [2.05, 4.69) is 30.9 Å². The van der Waals surface area contributed by atoms with Crippen LogP contribution in [0.4, 0.5) is 5.69 Å².